The Kier molecular flexibility index (Phi) is 7.89. The molecule has 0 aliphatic rings. The number of hydrogen-bond acceptors (Lipinski definition) is 2. The molecular weight excluding hydrogens is 286 g/mol. The topological polar surface area (TPSA) is 49.3 Å². The zero-order valence-electron chi connectivity index (χ0n) is 12.6. The molecule has 4 heteroatoms. The Morgan fingerprint density at radius 3 is 2.76 bits per heavy atom. The Labute approximate surface area is 131 Å². The SMILES string of the molecule is CCCC(CC)NC(=O)c1ccc(C#CCCO)c(Cl)c1. The Bertz CT molecular complexity index is 531. The van der Waals surface area contributed by atoms with E-state index in [2.05, 4.69) is 31.0 Å². The molecule has 0 heterocycles. The van der Waals surface area contributed by atoms with Gasteiger partial charge in [-0.1, -0.05) is 43.7 Å². The lowest BCUT2D eigenvalue weighted by Crippen LogP contribution is -2.34. The summed E-state index contributed by atoms with van der Waals surface area (Å²) in [5, 5.41) is 12.2. The van der Waals surface area contributed by atoms with E-state index < -0.39 is 0 Å². The molecule has 2 N–H and O–H groups in total. The summed E-state index contributed by atoms with van der Waals surface area (Å²) in [4.78, 5) is 12.2. The molecule has 0 bridgehead atoms. The normalized spacial score (nSPS) is 11.4. The van der Waals surface area contributed by atoms with Crippen molar-refractivity contribution in [2.24, 2.45) is 0 Å². The van der Waals surface area contributed by atoms with Gasteiger partial charge in [0.1, 0.15) is 0 Å². The van der Waals surface area contributed by atoms with E-state index in [1.54, 1.807) is 18.2 Å². The first-order valence-electron chi connectivity index (χ1n) is 7.32. The molecule has 1 unspecified atom stereocenters. The van der Waals surface area contributed by atoms with Crippen molar-refractivity contribution >= 4 is 17.5 Å². The van der Waals surface area contributed by atoms with Crippen LogP contribution in [0.5, 0.6) is 0 Å². The van der Waals surface area contributed by atoms with Crippen molar-refractivity contribution in [2.75, 3.05) is 6.61 Å². The van der Waals surface area contributed by atoms with Gasteiger partial charge in [-0.2, -0.15) is 0 Å². The molecule has 3 nitrogen and oxygen atoms in total. The molecule has 114 valence electrons. The summed E-state index contributed by atoms with van der Waals surface area (Å²) in [7, 11) is 0. The summed E-state index contributed by atoms with van der Waals surface area (Å²) in [5.41, 5.74) is 1.21. The molecule has 0 spiro atoms. The van der Waals surface area contributed by atoms with Crippen LogP contribution < -0.4 is 5.32 Å². The highest BCUT2D eigenvalue weighted by Crippen LogP contribution is 2.17. The van der Waals surface area contributed by atoms with Gasteiger partial charge in [-0.25, -0.2) is 0 Å². The molecule has 1 aromatic carbocycles. The maximum absolute atomic E-state index is 12.2. The number of halogens is 1. The molecule has 0 aliphatic heterocycles. The highest BCUT2D eigenvalue weighted by atomic mass is 35.5. The van der Waals surface area contributed by atoms with Crippen LogP contribution >= 0.6 is 11.6 Å². The van der Waals surface area contributed by atoms with E-state index in [0.29, 0.717) is 22.6 Å². The summed E-state index contributed by atoms with van der Waals surface area (Å²) < 4.78 is 0. The van der Waals surface area contributed by atoms with Gasteiger partial charge >= 0.3 is 0 Å². The van der Waals surface area contributed by atoms with Gasteiger partial charge in [0.25, 0.3) is 5.91 Å². The zero-order chi connectivity index (χ0) is 15.7. The second kappa shape index (κ2) is 9.44. The minimum absolute atomic E-state index is 0.0287. The number of hydrogen-bond donors (Lipinski definition) is 2. The van der Waals surface area contributed by atoms with Gasteiger partial charge in [0.05, 0.1) is 11.6 Å². The van der Waals surface area contributed by atoms with Crippen LogP contribution in [-0.4, -0.2) is 23.7 Å². The molecule has 1 aromatic rings. The van der Waals surface area contributed by atoms with Crippen LogP contribution in [0.3, 0.4) is 0 Å². The Morgan fingerprint density at radius 2 is 2.19 bits per heavy atom. The molecular formula is C17H22ClNO2. The van der Waals surface area contributed by atoms with Gasteiger partial charge in [0.2, 0.25) is 0 Å². The Balaban J connectivity index is 2.79. The Morgan fingerprint density at radius 1 is 1.43 bits per heavy atom. The third-order valence-electron chi connectivity index (χ3n) is 3.16. The number of carbonyl (C=O) groups is 1. The monoisotopic (exact) mass is 307 g/mol. The molecule has 0 aliphatic carbocycles. The number of benzene rings is 1. The molecule has 1 rings (SSSR count). The number of aliphatic hydroxyl groups is 1. The predicted octanol–water partition coefficient (Wildman–Crippen LogP) is 3.38. The summed E-state index contributed by atoms with van der Waals surface area (Å²) in [6, 6.07) is 5.30. The van der Waals surface area contributed by atoms with E-state index in [4.69, 9.17) is 16.7 Å². The van der Waals surface area contributed by atoms with E-state index in [0.717, 1.165) is 19.3 Å². The van der Waals surface area contributed by atoms with Crippen LogP contribution in [0.1, 0.15) is 55.5 Å². The maximum Gasteiger partial charge on any atom is 0.251 e. The molecule has 1 atom stereocenters. The predicted molar refractivity (Wildman–Crippen MR) is 86.5 cm³/mol. The van der Waals surface area contributed by atoms with E-state index >= 15 is 0 Å². The largest absolute Gasteiger partial charge is 0.395 e. The first kappa shape index (κ1) is 17.6. The van der Waals surface area contributed by atoms with Crippen molar-refractivity contribution < 1.29 is 9.90 Å². The summed E-state index contributed by atoms with van der Waals surface area (Å²) in [6.07, 6.45) is 3.34. The minimum Gasteiger partial charge on any atom is -0.395 e. The highest BCUT2D eigenvalue weighted by Gasteiger charge is 2.12. The molecule has 0 fully saturated rings. The smallest absolute Gasteiger partial charge is 0.251 e. The van der Waals surface area contributed by atoms with Crippen molar-refractivity contribution in [1.82, 2.24) is 5.32 Å². The average molecular weight is 308 g/mol. The van der Waals surface area contributed by atoms with E-state index in [1.165, 1.54) is 0 Å². The van der Waals surface area contributed by atoms with Crippen LogP contribution in [-0.2, 0) is 0 Å². The van der Waals surface area contributed by atoms with Crippen molar-refractivity contribution in [3.05, 3.63) is 34.3 Å². The molecule has 0 aromatic heterocycles. The second-order valence-electron chi connectivity index (χ2n) is 4.84. The number of rotatable bonds is 6. The van der Waals surface area contributed by atoms with Gasteiger partial charge in [0, 0.05) is 23.6 Å². The van der Waals surface area contributed by atoms with Crippen LogP contribution in [0.4, 0.5) is 0 Å². The lowest BCUT2D eigenvalue weighted by atomic mass is 10.1. The first-order chi connectivity index (χ1) is 10.1. The van der Waals surface area contributed by atoms with E-state index in [9.17, 15) is 4.79 Å². The van der Waals surface area contributed by atoms with Crippen LogP contribution in [0.2, 0.25) is 5.02 Å². The third kappa shape index (κ3) is 5.79. The van der Waals surface area contributed by atoms with Gasteiger partial charge in [0.15, 0.2) is 0 Å². The van der Waals surface area contributed by atoms with Gasteiger partial charge < -0.3 is 10.4 Å². The van der Waals surface area contributed by atoms with E-state index in [-0.39, 0.29) is 18.6 Å². The fourth-order valence-corrected chi connectivity index (χ4v) is 2.19. The molecule has 0 saturated carbocycles. The molecule has 0 saturated heterocycles. The number of amides is 1. The summed E-state index contributed by atoms with van der Waals surface area (Å²) in [5.74, 6) is 5.59. The lowest BCUT2D eigenvalue weighted by Gasteiger charge is -2.16. The van der Waals surface area contributed by atoms with Gasteiger partial charge in [-0.3, -0.25) is 4.79 Å². The second-order valence-corrected chi connectivity index (χ2v) is 5.24. The van der Waals surface area contributed by atoms with Gasteiger partial charge in [-0.15, -0.1) is 0 Å². The van der Waals surface area contributed by atoms with Crippen LogP contribution in [0, 0.1) is 11.8 Å². The molecule has 21 heavy (non-hydrogen) atoms. The number of carbonyl (C=O) groups excluding carboxylic acids is 1. The van der Waals surface area contributed by atoms with E-state index in [1.807, 2.05) is 0 Å². The third-order valence-corrected chi connectivity index (χ3v) is 3.47. The summed E-state index contributed by atoms with van der Waals surface area (Å²) >= 11 is 6.14. The molecule has 0 radical (unpaired) electrons. The van der Waals surface area contributed by atoms with Crippen molar-refractivity contribution in [1.29, 1.82) is 0 Å². The maximum atomic E-state index is 12.2. The fraction of sp³-hybridized carbons (Fsp3) is 0.471. The molecule has 1 amide bonds. The Hall–Kier alpha value is -1.50. The van der Waals surface area contributed by atoms with Crippen molar-refractivity contribution in [3.8, 4) is 11.8 Å². The number of nitrogens with one attached hydrogen (secondary N) is 1. The standard InChI is InChI=1S/C17H22ClNO2/c1-3-7-15(4-2)19-17(21)14-10-9-13(16(18)12-14)8-5-6-11-20/h9-10,12,15,20H,3-4,6-7,11H2,1-2H3,(H,19,21). The van der Waals surface area contributed by atoms with Crippen molar-refractivity contribution in [3.63, 3.8) is 0 Å². The number of aliphatic hydroxyl groups excluding tert-OH is 1. The average Bonchev–Trinajstić information content (AvgIpc) is 2.48. The minimum atomic E-state index is -0.105. The first-order valence-corrected chi connectivity index (χ1v) is 7.70. The van der Waals surface area contributed by atoms with Crippen molar-refractivity contribution in [2.45, 2.75) is 45.6 Å². The van der Waals surface area contributed by atoms with Crippen LogP contribution in [0.15, 0.2) is 18.2 Å². The van der Waals surface area contributed by atoms with Gasteiger partial charge in [-0.05, 0) is 31.0 Å². The highest BCUT2D eigenvalue weighted by molar-refractivity contribution is 6.32. The quantitative estimate of drug-likeness (QED) is 0.792. The lowest BCUT2D eigenvalue weighted by molar-refractivity contribution is 0.0933. The summed E-state index contributed by atoms with van der Waals surface area (Å²) in [6.45, 7) is 4.19. The zero-order valence-corrected chi connectivity index (χ0v) is 13.3. The van der Waals surface area contributed by atoms with Crippen LogP contribution in [0.25, 0.3) is 0 Å². The fourth-order valence-electron chi connectivity index (χ4n) is 1.97.